The number of para-hydroxylation sites is 2. The van der Waals surface area contributed by atoms with E-state index in [0.29, 0.717) is 5.75 Å². The molecule has 1 aromatic heterocycles. The fraction of sp³-hybridized carbons (Fsp3) is 0.263. The number of amides is 1. The van der Waals surface area contributed by atoms with Gasteiger partial charge >= 0.3 is 0 Å². The molecule has 0 unspecified atom stereocenters. The number of rotatable bonds is 3. The van der Waals surface area contributed by atoms with Gasteiger partial charge in [0.15, 0.2) is 4.34 Å². The summed E-state index contributed by atoms with van der Waals surface area (Å²) in [6.07, 6.45) is 2.10. The molecule has 122 valence electrons. The van der Waals surface area contributed by atoms with Crippen LogP contribution >= 0.6 is 23.1 Å². The molecule has 1 amide bonds. The van der Waals surface area contributed by atoms with Gasteiger partial charge in [-0.15, -0.1) is 11.3 Å². The number of nitrogens with zero attached hydrogens (tertiary/aromatic N) is 2. The standard InChI is InChI=1S/C19H18N2OS2/c1-13-6-4-7-14-8-5-11-21(18(13)14)17(22)12-23-19-20-15-9-2-3-10-16(15)24-19/h2-4,6-7,9-10H,5,8,11-12H2,1H3. The van der Waals surface area contributed by atoms with E-state index in [9.17, 15) is 4.79 Å². The van der Waals surface area contributed by atoms with Crippen LogP contribution in [0.2, 0.25) is 0 Å². The highest BCUT2D eigenvalue weighted by atomic mass is 32.2. The first-order valence-corrected chi connectivity index (χ1v) is 9.90. The van der Waals surface area contributed by atoms with Crippen LogP contribution < -0.4 is 4.90 Å². The number of thioether (sulfide) groups is 1. The molecular weight excluding hydrogens is 336 g/mol. The maximum absolute atomic E-state index is 12.8. The third-order valence-corrected chi connectivity index (χ3v) is 6.48. The van der Waals surface area contributed by atoms with Crippen molar-refractivity contribution in [2.24, 2.45) is 0 Å². The Morgan fingerprint density at radius 2 is 2.12 bits per heavy atom. The second kappa shape index (κ2) is 6.57. The largest absolute Gasteiger partial charge is 0.311 e. The highest BCUT2D eigenvalue weighted by Gasteiger charge is 2.24. The van der Waals surface area contributed by atoms with Crippen molar-refractivity contribution in [2.45, 2.75) is 24.1 Å². The van der Waals surface area contributed by atoms with Crippen LogP contribution in [0.15, 0.2) is 46.8 Å². The van der Waals surface area contributed by atoms with E-state index < -0.39 is 0 Å². The molecule has 0 saturated heterocycles. The molecule has 0 aliphatic carbocycles. The number of benzene rings is 2. The van der Waals surface area contributed by atoms with Gasteiger partial charge in [0.1, 0.15) is 0 Å². The molecule has 0 bridgehead atoms. The molecule has 0 atom stereocenters. The number of carbonyl (C=O) groups excluding carboxylic acids is 1. The van der Waals surface area contributed by atoms with E-state index in [1.807, 2.05) is 23.1 Å². The first-order chi connectivity index (χ1) is 11.7. The van der Waals surface area contributed by atoms with Crippen LogP contribution in [-0.2, 0) is 11.2 Å². The smallest absolute Gasteiger partial charge is 0.237 e. The minimum Gasteiger partial charge on any atom is -0.311 e. The highest BCUT2D eigenvalue weighted by Crippen LogP contribution is 2.33. The quantitative estimate of drug-likeness (QED) is 0.641. The van der Waals surface area contributed by atoms with Crippen LogP contribution in [0.4, 0.5) is 5.69 Å². The maximum Gasteiger partial charge on any atom is 0.237 e. The van der Waals surface area contributed by atoms with E-state index in [4.69, 9.17) is 0 Å². The fourth-order valence-corrected chi connectivity index (χ4v) is 5.16. The first-order valence-electron chi connectivity index (χ1n) is 8.09. The zero-order chi connectivity index (χ0) is 16.5. The van der Waals surface area contributed by atoms with E-state index >= 15 is 0 Å². The first kappa shape index (κ1) is 15.7. The number of carbonyl (C=O) groups is 1. The molecule has 0 saturated carbocycles. The van der Waals surface area contributed by atoms with Crippen molar-refractivity contribution in [3.8, 4) is 0 Å². The summed E-state index contributed by atoms with van der Waals surface area (Å²) in [5.74, 6) is 0.614. The number of fused-ring (bicyclic) bond motifs is 2. The van der Waals surface area contributed by atoms with Crippen LogP contribution in [0, 0.1) is 6.92 Å². The molecule has 2 aromatic carbocycles. The number of anilines is 1. The van der Waals surface area contributed by atoms with Crippen LogP contribution in [0.3, 0.4) is 0 Å². The Hall–Kier alpha value is -1.85. The second-order valence-corrected chi connectivity index (χ2v) is 8.22. The average Bonchev–Trinajstić information content (AvgIpc) is 3.02. The van der Waals surface area contributed by atoms with Gasteiger partial charge in [-0.3, -0.25) is 4.79 Å². The van der Waals surface area contributed by atoms with E-state index in [2.05, 4.69) is 36.2 Å². The zero-order valence-electron chi connectivity index (χ0n) is 13.5. The van der Waals surface area contributed by atoms with Gasteiger partial charge in [-0.05, 0) is 43.0 Å². The summed E-state index contributed by atoms with van der Waals surface area (Å²) in [7, 11) is 0. The normalized spacial score (nSPS) is 14.0. The molecule has 0 spiro atoms. The molecule has 1 aliphatic rings. The van der Waals surface area contributed by atoms with Gasteiger partial charge in [0.05, 0.1) is 16.0 Å². The Bertz CT molecular complexity index is 870. The van der Waals surface area contributed by atoms with Crippen molar-refractivity contribution in [1.29, 1.82) is 0 Å². The number of hydrogen-bond acceptors (Lipinski definition) is 4. The van der Waals surface area contributed by atoms with Gasteiger partial charge in [-0.1, -0.05) is 42.1 Å². The van der Waals surface area contributed by atoms with Crippen molar-refractivity contribution < 1.29 is 4.79 Å². The monoisotopic (exact) mass is 354 g/mol. The van der Waals surface area contributed by atoms with Crippen molar-refractivity contribution in [3.63, 3.8) is 0 Å². The number of thiazole rings is 1. The highest BCUT2D eigenvalue weighted by molar-refractivity contribution is 8.01. The topological polar surface area (TPSA) is 33.2 Å². The summed E-state index contributed by atoms with van der Waals surface area (Å²) in [4.78, 5) is 19.4. The van der Waals surface area contributed by atoms with Crippen molar-refractivity contribution in [3.05, 3.63) is 53.6 Å². The number of aryl methyl sites for hydroxylation is 2. The Labute approximate surface area is 149 Å². The van der Waals surface area contributed by atoms with Crippen molar-refractivity contribution >= 4 is 44.9 Å². The molecule has 5 heteroatoms. The summed E-state index contributed by atoms with van der Waals surface area (Å²) >= 11 is 3.20. The summed E-state index contributed by atoms with van der Waals surface area (Å²) in [6.45, 7) is 2.90. The third-order valence-electron chi connectivity index (χ3n) is 4.31. The Morgan fingerprint density at radius 3 is 3.00 bits per heavy atom. The minimum atomic E-state index is 0.175. The summed E-state index contributed by atoms with van der Waals surface area (Å²) in [5.41, 5.74) is 4.61. The van der Waals surface area contributed by atoms with Crippen molar-refractivity contribution in [2.75, 3.05) is 17.2 Å². The van der Waals surface area contributed by atoms with Gasteiger partial charge in [-0.25, -0.2) is 4.98 Å². The molecule has 3 aromatic rings. The van der Waals surface area contributed by atoms with E-state index in [1.165, 1.54) is 15.8 Å². The molecule has 0 radical (unpaired) electrons. The van der Waals surface area contributed by atoms with Crippen LogP contribution in [0.1, 0.15) is 17.5 Å². The maximum atomic E-state index is 12.8. The lowest BCUT2D eigenvalue weighted by molar-refractivity contribution is -0.116. The Balaban J connectivity index is 1.51. The van der Waals surface area contributed by atoms with Crippen molar-refractivity contribution in [1.82, 2.24) is 4.98 Å². The molecule has 24 heavy (non-hydrogen) atoms. The Morgan fingerprint density at radius 1 is 1.25 bits per heavy atom. The lowest BCUT2D eigenvalue weighted by Crippen LogP contribution is -2.37. The molecular formula is C19H18N2OS2. The molecule has 3 nitrogen and oxygen atoms in total. The molecule has 4 rings (SSSR count). The SMILES string of the molecule is Cc1cccc2c1N(C(=O)CSc1nc3ccccc3s1)CCC2. The Kier molecular flexibility index (Phi) is 4.29. The second-order valence-electron chi connectivity index (χ2n) is 5.97. The number of hydrogen-bond donors (Lipinski definition) is 0. The third kappa shape index (κ3) is 2.94. The average molecular weight is 355 g/mol. The van der Waals surface area contributed by atoms with E-state index in [0.717, 1.165) is 34.9 Å². The summed E-state index contributed by atoms with van der Waals surface area (Å²) in [5, 5.41) is 0. The number of aromatic nitrogens is 1. The van der Waals surface area contributed by atoms with Gasteiger partial charge < -0.3 is 4.90 Å². The van der Waals surface area contributed by atoms with Gasteiger partial charge in [-0.2, -0.15) is 0 Å². The zero-order valence-corrected chi connectivity index (χ0v) is 15.1. The van der Waals surface area contributed by atoms with E-state index in [1.54, 1.807) is 23.1 Å². The van der Waals surface area contributed by atoms with Crippen LogP contribution in [0.25, 0.3) is 10.2 Å². The summed E-state index contributed by atoms with van der Waals surface area (Å²) in [6, 6.07) is 14.4. The minimum absolute atomic E-state index is 0.175. The predicted molar refractivity (Wildman–Crippen MR) is 102 cm³/mol. The summed E-state index contributed by atoms with van der Waals surface area (Å²) < 4.78 is 2.14. The van der Waals surface area contributed by atoms with Gasteiger partial charge in [0, 0.05) is 12.2 Å². The lowest BCUT2D eigenvalue weighted by Gasteiger charge is -2.31. The van der Waals surface area contributed by atoms with Gasteiger partial charge in [0.25, 0.3) is 0 Å². The predicted octanol–water partition coefficient (Wildman–Crippen LogP) is 4.68. The molecule has 0 N–H and O–H groups in total. The van der Waals surface area contributed by atoms with E-state index in [-0.39, 0.29) is 5.91 Å². The fourth-order valence-electron chi connectivity index (χ4n) is 3.21. The molecule has 1 aliphatic heterocycles. The molecule has 0 fully saturated rings. The van der Waals surface area contributed by atoms with Gasteiger partial charge in [0.2, 0.25) is 5.91 Å². The van der Waals surface area contributed by atoms with Crippen LogP contribution in [0.5, 0.6) is 0 Å². The molecule has 2 heterocycles. The van der Waals surface area contributed by atoms with Crippen LogP contribution in [-0.4, -0.2) is 23.2 Å². The lowest BCUT2D eigenvalue weighted by atomic mass is 9.98.